The molecule has 2 aromatic carbocycles. The summed E-state index contributed by atoms with van der Waals surface area (Å²) in [5.41, 5.74) is -0.0338. The van der Waals surface area contributed by atoms with Crippen molar-refractivity contribution in [3.63, 3.8) is 0 Å². The molecule has 0 unspecified atom stereocenters. The van der Waals surface area contributed by atoms with E-state index in [9.17, 15) is 4.79 Å². The fourth-order valence-corrected chi connectivity index (χ4v) is 8.68. The van der Waals surface area contributed by atoms with Gasteiger partial charge in [-0.25, -0.2) is 0 Å². The highest BCUT2D eigenvalue weighted by atomic mass is 79.9. The van der Waals surface area contributed by atoms with Crippen molar-refractivity contribution in [3.05, 3.63) is 93.8 Å². The Balaban J connectivity index is 2.01. The monoisotopic (exact) mass is 455 g/mol. The van der Waals surface area contributed by atoms with Crippen LogP contribution in [0.2, 0.25) is 5.04 Å². The predicted octanol–water partition coefficient (Wildman–Crippen LogP) is 4.19. The molecule has 3 nitrogen and oxygen atoms in total. The summed E-state index contributed by atoms with van der Waals surface area (Å²) in [6.45, 7) is 7.76. The van der Waals surface area contributed by atoms with E-state index in [1.54, 1.807) is 10.6 Å². The maximum absolute atomic E-state index is 12.3. The lowest BCUT2D eigenvalue weighted by Crippen LogP contribution is -2.66. The molecule has 0 N–H and O–H groups in total. The van der Waals surface area contributed by atoms with Gasteiger partial charge in [-0.15, -0.1) is 0 Å². The van der Waals surface area contributed by atoms with Gasteiger partial charge in [0.2, 0.25) is 0 Å². The Morgan fingerprint density at radius 1 is 0.893 bits per heavy atom. The summed E-state index contributed by atoms with van der Waals surface area (Å²) in [7, 11) is -2.56. The second-order valence-electron chi connectivity index (χ2n) is 7.87. The van der Waals surface area contributed by atoms with Crippen molar-refractivity contribution >= 4 is 34.6 Å². The molecule has 0 amide bonds. The predicted molar refractivity (Wildman–Crippen MR) is 122 cm³/mol. The van der Waals surface area contributed by atoms with Crippen molar-refractivity contribution in [1.29, 1.82) is 0 Å². The summed E-state index contributed by atoms with van der Waals surface area (Å²) in [5, 5.41) is 2.42. The number of hydrogen-bond acceptors (Lipinski definition) is 2. The quantitative estimate of drug-likeness (QED) is 0.521. The molecule has 0 atom stereocenters. The minimum absolute atomic E-state index is 0.0338. The molecule has 0 saturated carbocycles. The van der Waals surface area contributed by atoms with Crippen LogP contribution in [0.15, 0.2) is 88.3 Å². The Labute approximate surface area is 176 Å². The van der Waals surface area contributed by atoms with Crippen LogP contribution in [-0.4, -0.2) is 19.5 Å². The van der Waals surface area contributed by atoms with Crippen molar-refractivity contribution in [1.82, 2.24) is 4.57 Å². The van der Waals surface area contributed by atoms with Crippen molar-refractivity contribution < 1.29 is 4.43 Å². The summed E-state index contributed by atoms with van der Waals surface area (Å²) in [6, 6.07) is 24.7. The summed E-state index contributed by atoms with van der Waals surface area (Å²) < 4.78 is 9.10. The van der Waals surface area contributed by atoms with E-state index in [4.69, 9.17) is 4.43 Å². The Bertz CT molecular complexity index is 926. The first-order chi connectivity index (χ1) is 13.4. The summed E-state index contributed by atoms with van der Waals surface area (Å²) in [4.78, 5) is 12.3. The smallest absolute Gasteiger partial charge is 0.264 e. The van der Waals surface area contributed by atoms with Crippen LogP contribution in [0.25, 0.3) is 0 Å². The molecule has 28 heavy (non-hydrogen) atoms. The van der Waals surface area contributed by atoms with E-state index in [2.05, 4.69) is 85.2 Å². The summed E-state index contributed by atoms with van der Waals surface area (Å²) in [5.74, 6) is 0. The molecule has 0 saturated heterocycles. The first-order valence-corrected chi connectivity index (χ1v) is 12.2. The average molecular weight is 456 g/mol. The summed E-state index contributed by atoms with van der Waals surface area (Å²) in [6.07, 6.45) is 1.81. The summed E-state index contributed by atoms with van der Waals surface area (Å²) >= 11 is 3.32. The van der Waals surface area contributed by atoms with Gasteiger partial charge < -0.3 is 8.99 Å². The van der Waals surface area contributed by atoms with E-state index in [1.165, 1.54) is 10.4 Å². The third kappa shape index (κ3) is 4.07. The second-order valence-corrected chi connectivity index (χ2v) is 13.0. The SMILES string of the molecule is CC(C)(C)[Si](OCCn1cccc(Br)c1=O)(c1ccccc1)c1ccccc1. The lowest BCUT2D eigenvalue weighted by molar-refractivity contribution is 0.278. The number of benzene rings is 2. The lowest BCUT2D eigenvalue weighted by atomic mass is 10.2. The standard InChI is InChI=1S/C23H26BrNO2Si/c1-23(2,3)28(19-11-6-4-7-12-19,20-13-8-5-9-14-20)27-18-17-25-16-10-15-21(24)22(25)26/h4-16H,17-18H2,1-3H3. The fraction of sp³-hybridized carbons (Fsp3) is 0.261. The lowest BCUT2D eigenvalue weighted by Gasteiger charge is -2.43. The zero-order valence-corrected chi connectivity index (χ0v) is 19.1. The van der Waals surface area contributed by atoms with Crippen LogP contribution in [0.3, 0.4) is 0 Å². The molecule has 1 aromatic heterocycles. The van der Waals surface area contributed by atoms with Gasteiger partial charge >= 0.3 is 0 Å². The fourth-order valence-electron chi connectivity index (χ4n) is 3.74. The zero-order chi connectivity index (χ0) is 20.2. The molecular weight excluding hydrogens is 430 g/mol. The molecule has 146 valence electrons. The van der Waals surface area contributed by atoms with Gasteiger partial charge in [0.05, 0.1) is 11.1 Å². The molecule has 0 spiro atoms. The number of aromatic nitrogens is 1. The molecule has 0 aliphatic carbocycles. The Morgan fingerprint density at radius 2 is 1.43 bits per heavy atom. The molecule has 0 fully saturated rings. The van der Waals surface area contributed by atoms with E-state index >= 15 is 0 Å². The van der Waals surface area contributed by atoms with E-state index in [0.717, 1.165) is 0 Å². The maximum atomic E-state index is 12.3. The van der Waals surface area contributed by atoms with Gasteiger partial charge in [0.15, 0.2) is 0 Å². The Hall–Kier alpha value is -1.95. The van der Waals surface area contributed by atoms with Crippen molar-refractivity contribution in [2.24, 2.45) is 0 Å². The third-order valence-corrected chi connectivity index (χ3v) is 10.7. The Kier molecular flexibility index (Phi) is 6.38. The van der Waals surface area contributed by atoms with Crippen LogP contribution < -0.4 is 15.9 Å². The molecular formula is C23H26BrNO2Si. The van der Waals surface area contributed by atoms with Gasteiger partial charge in [0.25, 0.3) is 13.9 Å². The van der Waals surface area contributed by atoms with Gasteiger partial charge in [-0.1, -0.05) is 81.4 Å². The molecule has 3 rings (SSSR count). The topological polar surface area (TPSA) is 31.2 Å². The number of rotatable bonds is 6. The normalized spacial score (nSPS) is 12.1. The molecule has 3 aromatic rings. The van der Waals surface area contributed by atoms with Crippen LogP contribution in [0.5, 0.6) is 0 Å². The number of nitrogens with zero attached hydrogens (tertiary/aromatic N) is 1. The number of pyridine rings is 1. The highest BCUT2D eigenvalue weighted by Crippen LogP contribution is 2.36. The van der Waals surface area contributed by atoms with Gasteiger partial charge in [-0.05, 0) is 43.5 Å². The van der Waals surface area contributed by atoms with E-state index in [0.29, 0.717) is 17.6 Å². The van der Waals surface area contributed by atoms with Gasteiger partial charge in [0.1, 0.15) is 0 Å². The van der Waals surface area contributed by atoms with E-state index in [-0.39, 0.29) is 10.6 Å². The van der Waals surface area contributed by atoms with Gasteiger partial charge in [-0.2, -0.15) is 0 Å². The van der Waals surface area contributed by atoms with Crippen molar-refractivity contribution in [2.75, 3.05) is 6.61 Å². The third-order valence-electron chi connectivity index (χ3n) is 5.04. The highest BCUT2D eigenvalue weighted by Gasteiger charge is 2.49. The van der Waals surface area contributed by atoms with Crippen LogP contribution in [0.1, 0.15) is 20.8 Å². The highest BCUT2D eigenvalue weighted by molar-refractivity contribution is 9.10. The minimum Gasteiger partial charge on any atom is -0.406 e. The molecule has 0 aliphatic rings. The number of hydrogen-bond donors (Lipinski definition) is 0. The molecule has 0 bridgehead atoms. The van der Waals surface area contributed by atoms with Crippen molar-refractivity contribution in [2.45, 2.75) is 32.4 Å². The minimum atomic E-state index is -2.56. The van der Waals surface area contributed by atoms with E-state index < -0.39 is 8.32 Å². The second kappa shape index (κ2) is 8.60. The first-order valence-electron chi connectivity index (χ1n) is 9.46. The van der Waals surface area contributed by atoms with E-state index in [1.807, 2.05) is 24.4 Å². The van der Waals surface area contributed by atoms with Gasteiger partial charge in [-0.3, -0.25) is 4.79 Å². The zero-order valence-electron chi connectivity index (χ0n) is 16.6. The molecule has 5 heteroatoms. The van der Waals surface area contributed by atoms with Crippen LogP contribution in [-0.2, 0) is 11.0 Å². The average Bonchev–Trinajstić information content (AvgIpc) is 2.69. The largest absolute Gasteiger partial charge is 0.406 e. The van der Waals surface area contributed by atoms with Crippen LogP contribution in [0.4, 0.5) is 0 Å². The van der Waals surface area contributed by atoms with Crippen LogP contribution in [0, 0.1) is 0 Å². The first kappa shape index (κ1) is 20.8. The molecule has 0 aliphatic heterocycles. The van der Waals surface area contributed by atoms with Gasteiger partial charge in [0, 0.05) is 12.7 Å². The number of halogens is 1. The van der Waals surface area contributed by atoms with Crippen LogP contribution >= 0.6 is 15.9 Å². The molecule has 1 heterocycles. The van der Waals surface area contributed by atoms with Crippen molar-refractivity contribution in [3.8, 4) is 0 Å². The molecule has 0 radical (unpaired) electrons. The Morgan fingerprint density at radius 3 is 1.93 bits per heavy atom. The maximum Gasteiger partial charge on any atom is 0.264 e.